The van der Waals surface area contributed by atoms with Crippen LogP contribution >= 0.6 is 0 Å². The molecule has 0 unspecified atom stereocenters. The number of ether oxygens (including phenoxy) is 1. The zero-order chi connectivity index (χ0) is 17.3. The number of rotatable bonds is 4. The van der Waals surface area contributed by atoms with Gasteiger partial charge in [-0.25, -0.2) is 9.07 Å². The molecule has 3 rings (SSSR count). The van der Waals surface area contributed by atoms with Crippen LogP contribution in [0.25, 0.3) is 5.69 Å². The standard InChI is InChI=1S/C16H19FN4O3/c1-10-3-11(17)5-12(4-10)21-8-15(18-19-21)16(23)20-7-14(24-2)6-13(20)9-22/h3-5,8,13-14,22H,6-7,9H2,1-2H3/t13-,14-/m0/s1. The molecule has 8 heteroatoms. The highest BCUT2D eigenvalue weighted by Crippen LogP contribution is 2.22. The Morgan fingerprint density at radius 2 is 2.25 bits per heavy atom. The van der Waals surface area contributed by atoms with Crippen LogP contribution in [0.2, 0.25) is 0 Å². The summed E-state index contributed by atoms with van der Waals surface area (Å²) in [6.45, 7) is 2.03. The van der Waals surface area contributed by atoms with E-state index in [0.717, 1.165) is 5.56 Å². The third-order valence-corrected chi connectivity index (χ3v) is 4.18. The van der Waals surface area contributed by atoms with Gasteiger partial charge in [0.05, 0.1) is 30.6 Å². The van der Waals surface area contributed by atoms with Crippen LogP contribution in [0.5, 0.6) is 0 Å². The summed E-state index contributed by atoms with van der Waals surface area (Å²) in [5.41, 5.74) is 1.39. The second-order valence-corrected chi connectivity index (χ2v) is 5.92. The number of amides is 1. The van der Waals surface area contributed by atoms with Crippen LogP contribution in [0.4, 0.5) is 4.39 Å². The van der Waals surface area contributed by atoms with Gasteiger partial charge in [0.25, 0.3) is 5.91 Å². The fourth-order valence-corrected chi connectivity index (χ4v) is 2.95. The lowest BCUT2D eigenvalue weighted by molar-refractivity contribution is 0.0642. The molecule has 2 atom stereocenters. The first-order valence-corrected chi connectivity index (χ1v) is 7.66. The van der Waals surface area contributed by atoms with Gasteiger partial charge in [0.1, 0.15) is 5.82 Å². The monoisotopic (exact) mass is 334 g/mol. The van der Waals surface area contributed by atoms with Gasteiger partial charge in [-0.1, -0.05) is 5.21 Å². The average Bonchev–Trinajstić information content (AvgIpc) is 3.20. The largest absolute Gasteiger partial charge is 0.394 e. The van der Waals surface area contributed by atoms with Crippen molar-refractivity contribution >= 4 is 5.91 Å². The molecule has 1 saturated heterocycles. The van der Waals surface area contributed by atoms with Crippen LogP contribution in [0.1, 0.15) is 22.5 Å². The number of benzene rings is 1. The summed E-state index contributed by atoms with van der Waals surface area (Å²) >= 11 is 0. The van der Waals surface area contributed by atoms with E-state index < -0.39 is 0 Å². The van der Waals surface area contributed by atoms with Crippen molar-refractivity contribution < 1.29 is 19.0 Å². The Morgan fingerprint density at radius 1 is 1.46 bits per heavy atom. The van der Waals surface area contributed by atoms with E-state index in [1.807, 2.05) is 0 Å². The molecule has 2 heterocycles. The smallest absolute Gasteiger partial charge is 0.276 e. The number of carbonyl (C=O) groups excluding carboxylic acids is 1. The van der Waals surface area contributed by atoms with Gasteiger partial charge < -0.3 is 14.7 Å². The molecular weight excluding hydrogens is 315 g/mol. The van der Waals surface area contributed by atoms with Crippen LogP contribution in [0.3, 0.4) is 0 Å². The van der Waals surface area contributed by atoms with Crippen LogP contribution in [-0.4, -0.2) is 63.3 Å². The molecule has 0 bridgehead atoms. The van der Waals surface area contributed by atoms with Crippen molar-refractivity contribution in [3.63, 3.8) is 0 Å². The van der Waals surface area contributed by atoms with E-state index in [0.29, 0.717) is 18.7 Å². The molecule has 0 aliphatic carbocycles. The van der Waals surface area contributed by atoms with E-state index in [1.165, 1.54) is 23.0 Å². The number of halogens is 1. The third-order valence-electron chi connectivity index (χ3n) is 4.18. The van der Waals surface area contributed by atoms with Crippen molar-refractivity contribution in [2.75, 3.05) is 20.3 Å². The molecule has 1 aliphatic rings. The Morgan fingerprint density at radius 3 is 2.92 bits per heavy atom. The molecule has 1 amide bonds. The fraction of sp³-hybridized carbons (Fsp3) is 0.438. The lowest BCUT2D eigenvalue weighted by Gasteiger charge is -2.21. The molecule has 1 aromatic heterocycles. The predicted octanol–water partition coefficient (Wildman–Crippen LogP) is 0.937. The number of nitrogens with zero attached hydrogens (tertiary/aromatic N) is 4. The van der Waals surface area contributed by atoms with Gasteiger partial charge in [-0.2, -0.15) is 0 Å². The molecule has 0 radical (unpaired) electrons. The highest BCUT2D eigenvalue weighted by Gasteiger charge is 2.36. The average molecular weight is 334 g/mol. The summed E-state index contributed by atoms with van der Waals surface area (Å²) < 4.78 is 20.2. The number of aliphatic hydroxyl groups excluding tert-OH is 1. The highest BCUT2D eigenvalue weighted by molar-refractivity contribution is 5.92. The van der Waals surface area contributed by atoms with Gasteiger partial charge in [0.2, 0.25) is 0 Å². The highest BCUT2D eigenvalue weighted by atomic mass is 19.1. The Bertz CT molecular complexity index is 728. The normalized spacial score (nSPS) is 20.6. The van der Waals surface area contributed by atoms with E-state index in [4.69, 9.17) is 4.74 Å². The molecule has 0 spiro atoms. The number of hydrogen-bond acceptors (Lipinski definition) is 5. The molecule has 1 aliphatic heterocycles. The summed E-state index contributed by atoms with van der Waals surface area (Å²) in [5, 5.41) is 17.3. The maximum absolute atomic E-state index is 13.5. The minimum Gasteiger partial charge on any atom is -0.394 e. The number of aliphatic hydroxyl groups is 1. The number of likely N-dealkylation sites (tertiary alicyclic amines) is 1. The molecule has 2 aromatic rings. The van der Waals surface area contributed by atoms with Gasteiger partial charge in [0, 0.05) is 13.7 Å². The number of hydrogen-bond donors (Lipinski definition) is 1. The van der Waals surface area contributed by atoms with E-state index in [2.05, 4.69) is 10.3 Å². The van der Waals surface area contributed by atoms with E-state index in [1.54, 1.807) is 25.0 Å². The number of aromatic nitrogens is 3. The van der Waals surface area contributed by atoms with Crippen molar-refractivity contribution in [3.05, 3.63) is 41.5 Å². The maximum Gasteiger partial charge on any atom is 0.276 e. The molecule has 1 fully saturated rings. The van der Waals surface area contributed by atoms with E-state index >= 15 is 0 Å². The summed E-state index contributed by atoms with van der Waals surface area (Å²) in [5.74, 6) is -0.704. The van der Waals surface area contributed by atoms with Gasteiger partial charge in [-0.3, -0.25) is 4.79 Å². The Labute approximate surface area is 138 Å². The number of methoxy groups -OCH3 is 1. The molecule has 24 heavy (non-hydrogen) atoms. The molecule has 0 saturated carbocycles. The van der Waals surface area contributed by atoms with Gasteiger partial charge in [-0.15, -0.1) is 5.10 Å². The summed E-state index contributed by atoms with van der Waals surface area (Å²) in [4.78, 5) is 14.2. The predicted molar refractivity (Wildman–Crippen MR) is 83.4 cm³/mol. The first-order valence-electron chi connectivity index (χ1n) is 7.66. The minimum atomic E-state index is -0.379. The Balaban J connectivity index is 1.83. The second kappa shape index (κ2) is 6.66. The fourth-order valence-electron chi connectivity index (χ4n) is 2.95. The zero-order valence-corrected chi connectivity index (χ0v) is 13.5. The minimum absolute atomic E-state index is 0.105. The summed E-state index contributed by atoms with van der Waals surface area (Å²) in [6.07, 6.45) is 1.94. The molecule has 128 valence electrons. The Kier molecular flexibility index (Phi) is 4.59. The number of aryl methyl sites for hydroxylation is 1. The molecule has 1 N–H and O–H groups in total. The maximum atomic E-state index is 13.5. The van der Waals surface area contributed by atoms with Gasteiger partial charge in [0.15, 0.2) is 5.69 Å². The van der Waals surface area contributed by atoms with Crippen molar-refractivity contribution in [1.82, 2.24) is 19.9 Å². The topological polar surface area (TPSA) is 80.5 Å². The first kappa shape index (κ1) is 16.5. The molecular formula is C16H19FN4O3. The van der Waals surface area contributed by atoms with E-state index in [9.17, 15) is 14.3 Å². The molecule has 1 aromatic carbocycles. The number of carbonyl (C=O) groups is 1. The van der Waals surface area contributed by atoms with Crippen molar-refractivity contribution in [2.24, 2.45) is 0 Å². The molecule has 7 nitrogen and oxygen atoms in total. The SMILES string of the molecule is CO[C@H]1C[C@@H](CO)N(C(=O)c2cn(-c3cc(C)cc(F)c3)nn2)C1. The van der Waals surface area contributed by atoms with Crippen LogP contribution < -0.4 is 0 Å². The van der Waals surface area contributed by atoms with Gasteiger partial charge >= 0.3 is 0 Å². The lowest BCUT2D eigenvalue weighted by Crippen LogP contribution is -2.38. The first-order chi connectivity index (χ1) is 11.5. The van der Waals surface area contributed by atoms with Crippen molar-refractivity contribution in [1.29, 1.82) is 0 Å². The Hall–Kier alpha value is -2.32. The summed E-state index contributed by atoms with van der Waals surface area (Å²) in [6, 6.07) is 4.18. The summed E-state index contributed by atoms with van der Waals surface area (Å²) in [7, 11) is 1.58. The second-order valence-electron chi connectivity index (χ2n) is 5.92. The van der Waals surface area contributed by atoms with Crippen LogP contribution in [-0.2, 0) is 4.74 Å². The van der Waals surface area contributed by atoms with Crippen molar-refractivity contribution in [3.8, 4) is 5.69 Å². The third kappa shape index (κ3) is 3.15. The van der Waals surface area contributed by atoms with Crippen molar-refractivity contribution in [2.45, 2.75) is 25.5 Å². The van der Waals surface area contributed by atoms with Gasteiger partial charge in [-0.05, 0) is 37.1 Å². The lowest BCUT2D eigenvalue weighted by atomic mass is 10.2. The zero-order valence-electron chi connectivity index (χ0n) is 13.5. The van der Waals surface area contributed by atoms with E-state index in [-0.39, 0.29) is 36.2 Å². The van der Waals surface area contributed by atoms with Crippen LogP contribution in [0, 0.1) is 12.7 Å². The quantitative estimate of drug-likeness (QED) is 0.900. The van der Waals surface area contributed by atoms with Crippen LogP contribution in [0.15, 0.2) is 24.4 Å².